The van der Waals surface area contributed by atoms with Crippen LogP contribution in [0.2, 0.25) is 0 Å². The summed E-state index contributed by atoms with van der Waals surface area (Å²) in [5.41, 5.74) is 0. The van der Waals surface area contributed by atoms with E-state index in [1.54, 1.807) is 0 Å². The van der Waals surface area contributed by atoms with E-state index in [2.05, 4.69) is 15.0 Å². The first-order valence-corrected chi connectivity index (χ1v) is 11.5. The lowest BCUT2D eigenvalue weighted by Crippen LogP contribution is -2.46. The second kappa shape index (κ2) is 9.04. The number of ether oxygens (including phenoxy) is 1. The van der Waals surface area contributed by atoms with Crippen LogP contribution >= 0.6 is 0 Å². The Labute approximate surface area is 164 Å². The largest absolute Gasteiger partial charge is 0.371 e. The molecule has 27 heavy (non-hydrogen) atoms. The molecule has 1 aromatic heterocycles. The van der Waals surface area contributed by atoms with Crippen molar-refractivity contribution in [2.24, 2.45) is 11.8 Å². The number of rotatable bonds is 8. The van der Waals surface area contributed by atoms with Crippen molar-refractivity contribution in [2.45, 2.75) is 109 Å². The highest BCUT2D eigenvalue weighted by molar-refractivity contribution is 4.98. The third-order valence-corrected chi connectivity index (χ3v) is 7.06. The van der Waals surface area contributed by atoms with Crippen LogP contribution in [0.15, 0.2) is 4.52 Å². The summed E-state index contributed by atoms with van der Waals surface area (Å²) in [5, 5.41) is 4.18. The number of hydrogen-bond donors (Lipinski definition) is 0. The molecule has 0 spiro atoms. The molecular weight excluding hydrogens is 338 g/mol. The standard InChI is InChI=1S/C22H37N3O2/c1-3-26-16(2)22-23-21(27-24-22)15-25(18-13-14-18)20-12-8-7-11-19(20)17-9-5-4-6-10-17/h16-20H,3-15H2,1-2H3. The highest BCUT2D eigenvalue weighted by atomic mass is 16.5. The zero-order valence-electron chi connectivity index (χ0n) is 17.2. The number of nitrogens with zero attached hydrogens (tertiary/aromatic N) is 3. The zero-order chi connectivity index (χ0) is 18.6. The van der Waals surface area contributed by atoms with E-state index in [1.807, 2.05) is 13.8 Å². The fourth-order valence-corrected chi connectivity index (χ4v) is 5.57. The third-order valence-electron chi connectivity index (χ3n) is 7.06. The average Bonchev–Trinajstić information content (AvgIpc) is 3.44. The van der Waals surface area contributed by atoms with Gasteiger partial charge in [-0.2, -0.15) is 4.98 Å². The Morgan fingerprint density at radius 2 is 1.78 bits per heavy atom. The lowest BCUT2D eigenvalue weighted by Gasteiger charge is -2.44. The summed E-state index contributed by atoms with van der Waals surface area (Å²) in [6.45, 7) is 5.49. The van der Waals surface area contributed by atoms with Crippen molar-refractivity contribution in [1.82, 2.24) is 15.0 Å². The predicted octanol–water partition coefficient (Wildman–Crippen LogP) is 5.27. The molecule has 0 amide bonds. The van der Waals surface area contributed by atoms with Gasteiger partial charge in [-0.3, -0.25) is 4.90 Å². The summed E-state index contributed by atoms with van der Waals surface area (Å²) in [7, 11) is 0. The Bertz CT molecular complexity index is 580. The Hall–Kier alpha value is -0.940. The molecule has 1 heterocycles. The Morgan fingerprint density at radius 3 is 2.52 bits per heavy atom. The fourth-order valence-electron chi connectivity index (χ4n) is 5.57. The lowest BCUT2D eigenvalue weighted by atomic mass is 9.70. The number of hydrogen-bond acceptors (Lipinski definition) is 5. The van der Waals surface area contributed by atoms with Crippen LogP contribution < -0.4 is 0 Å². The van der Waals surface area contributed by atoms with Crippen molar-refractivity contribution >= 4 is 0 Å². The molecule has 0 saturated heterocycles. The lowest BCUT2D eigenvalue weighted by molar-refractivity contribution is 0.0390. The average molecular weight is 376 g/mol. The van der Waals surface area contributed by atoms with Crippen LogP contribution in [-0.2, 0) is 11.3 Å². The quantitative estimate of drug-likeness (QED) is 0.619. The molecule has 0 bridgehead atoms. The van der Waals surface area contributed by atoms with E-state index in [9.17, 15) is 0 Å². The van der Waals surface area contributed by atoms with E-state index in [4.69, 9.17) is 9.26 Å². The van der Waals surface area contributed by atoms with Crippen molar-refractivity contribution in [1.29, 1.82) is 0 Å². The minimum absolute atomic E-state index is 0.0912. The van der Waals surface area contributed by atoms with Crippen LogP contribution in [0.25, 0.3) is 0 Å². The van der Waals surface area contributed by atoms with E-state index in [1.165, 1.54) is 70.6 Å². The Morgan fingerprint density at radius 1 is 1.04 bits per heavy atom. The molecule has 4 rings (SSSR count). The zero-order valence-corrected chi connectivity index (χ0v) is 17.2. The molecule has 1 aromatic rings. The third kappa shape index (κ3) is 4.73. The van der Waals surface area contributed by atoms with Gasteiger partial charge in [0, 0.05) is 18.7 Å². The van der Waals surface area contributed by atoms with E-state index in [0.717, 1.165) is 30.3 Å². The van der Waals surface area contributed by atoms with Crippen LogP contribution in [0.1, 0.15) is 102 Å². The van der Waals surface area contributed by atoms with E-state index in [0.29, 0.717) is 18.5 Å². The van der Waals surface area contributed by atoms with E-state index in [-0.39, 0.29) is 6.10 Å². The van der Waals surface area contributed by atoms with Crippen LogP contribution in [0.4, 0.5) is 0 Å². The van der Waals surface area contributed by atoms with Gasteiger partial charge in [-0.05, 0) is 51.4 Å². The van der Waals surface area contributed by atoms with Gasteiger partial charge in [-0.25, -0.2) is 0 Å². The molecule has 3 atom stereocenters. The molecule has 0 aliphatic heterocycles. The first kappa shape index (κ1) is 19.4. The Balaban J connectivity index is 1.46. The summed E-state index contributed by atoms with van der Waals surface area (Å²) >= 11 is 0. The van der Waals surface area contributed by atoms with Gasteiger partial charge in [0.15, 0.2) is 5.82 Å². The molecule has 152 valence electrons. The highest BCUT2D eigenvalue weighted by Gasteiger charge is 2.41. The van der Waals surface area contributed by atoms with Gasteiger partial charge < -0.3 is 9.26 Å². The van der Waals surface area contributed by atoms with Crippen LogP contribution in [0.5, 0.6) is 0 Å². The highest BCUT2D eigenvalue weighted by Crippen LogP contribution is 2.43. The molecule has 0 radical (unpaired) electrons. The molecule has 3 fully saturated rings. The van der Waals surface area contributed by atoms with Crippen molar-refractivity contribution in [3.8, 4) is 0 Å². The maximum Gasteiger partial charge on any atom is 0.240 e. The summed E-state index contributed by atoms with van der Waals surface area (Å²) in [5.74, 6) is 3.29. The smallest absolute Gasteiger partial charge is 0.240 e. The van der Waals surface area contributed by atoms with Crippen molar-refractivity contribution < 1.29 is 9.26 Å². The van der Waals surface area contributed by atoms with Crippen LogP contribution in [0.3, 0.4) is 0 Å². The van der Waals surface area contributed by atoms with E-state index < -0.39 is 0 Å². The second-order valence-corrected chi connectivity index (χ2v) is 8.96. The monoisotopic (exact) mass is 375 g/mol. The fraction of sp³-hybridized carbons (Fsp3) is 0.909. The van der Waals surface area contributed by atoms with Gasteiger partial charge in [-0.15, -0.1) is 0 Å². The molecule has 3 aliphatic rings. The van der Waals surface area contributed by atoms with Gasteiger partial charge in [-0.1, -0.05) is 50.1 Å². The normalized spacial score (nSPS) is 28.6. The molecule has 5 heteroatoms. The first-order chi connectivity index (χ1) is 13.3. The van der Waals surface area contributed by atoms with Gasteiger partial charge in [0.2, 0.25) is 5.89 Å². The SMILES string of the molecule is CCOC(C)c1noc(CN(C2CC2)C2CCCCC2C2CCCCC2)n1. The van der Waals surface area contributed by atoms with Gasteiger partial charge >= 0.3 is 0 Å². The second-order valence-electron chi connectivity index (χ2n) is 8.96. The molecular formula is C22H37N3O2. The van der Waals surface area contributed by atoms with E-state index >= 15 is 0 Å². The van der Waals surface area contributed by atoms with Gasteiger partial charge in [0.1, 0.15) is 6.10 Å². The van der Waals surface area contributed by atoms with Crippen molar-refractivity contribution in [2.75, 3.05) is 6.61 Å². The van der Waals surface area contributed by atoms with Gasteiger partial charge in [0.25, 0.3) is 0 Å². The predicted molar refractivity (Wildman–Crippen MR) is 105 cm³/mol. The molecule has 5 nitrogen and oxygen atoms in total. The summed E-state index contributed by atoms with van der Waals surface area (Å²) in [4.78, 5) is 7.42. The molecule has 3 aliphatic carbocycles. The van der Waals surface area contributed by atoms with Crippen molar-refractivity contribution in [3.63, 3.8) is 0 Å². The molecule has 3 unspecified atom stereocenters. The maximum absolute atomic E-state index is 5.63. The summed E-state index contributed by atoms with van der Waals surface area (Å²) in [6, 6.07) is 1.45. The number of aromatic nitrogens is 2. The molecule has 3 saturated carbocycles. The summed E-state index contributed by atoms with van der Waals surface area (Å²) < 4.78 is 11.2. The Kier molecular flexibility index (Phi) is 6.49. The minimum atomic E-state index is -0.0912. The minimum Gasteiger partial charge on any atom is -0.371 e. The first-order valence-electron chi connectivity index (χ1n) is 11.5. The van der Waals surface area contributed by atoms with Gasteiger partial charge in [0.05, 0.1) is 6.54 Å². The molecule has 0 N–H and O–H groups in total. The molecule has 0 aromatic carbocycles. The topological polar surface area (TPSA) is 51.4 Å². The van der Waals surface area contributed by atoms with Crippen molar-refractivity contribution in [3.05, 3.63) is 11.7 Å². The van der Waals surface area contributed by atoms with Crippen LogP contribution in [-0.4, -0.2) is 33.7 Å². The maximum atomic E-state index is 5.63. The summed E-state index contributed by atoms with van der Waals surface area (Å²) in [6.07, 6.45) is 15.4. The van der Waals surface area contributed by atoms with Crippen LogP contribution in [0, 0.1) is 11.8 Å².